The zero-order valence-electron chi connectivity index (χ0n) is 14.3. The molecule has 0 amide bonds. The Labute approximate surface area is 139 Å². The number of nitrogens with zero attached hydrogens (tertiary/aromatic N) is 4. The largest absolute Gasteiger partial charge is 0.339 e. The van der Waals surface area contributed by atoms with Crippen LogP contribution in [-0.4, -0.2) is 56.3 Å². The Balaban J connectivity index is 1.81. The molecular formula is C15H24N7O2. The van der Waals surface area contributed by atoms with Gasteiger partial charge in [0, 0.05) is 40.3 Å². The second-order valence-electron chi connectivity index (χ2n) is 6.10. The highest BCUT2D eigenvalue weighted by Gasteiger charge is 2.20. The van der Waals surface area contributed by atoms with Crippen molar-refractivity contribution in [3.8, 4) is 0 Å². The van der Waals surface area contributed by atoms with Crippen molar-refractivity contribution in [3.05, 3.63) is 27.3 Å². The zero-order chi connectivity index (χ0) is 17.3. The molecule has 0 bridgehead atoms. The van der Waals surface area contributed by atoms with Crippen molar-refractivity contribution in [1.82, 2.24) is 29.3 Å². The number of piperazine rings is 1. The summed E-state index contributed by atoms with van der Waals surface area (Å²) in [4.78, 5) is 33.9. The average molecular weight is 334 g/mol. The average Bonchev–Trinajstić information content (AvgIpc) is 3.00. The number of unbranched alkanes of at least 4 members (excludes halogenated alkanes) is 1. The molecule has 9 nitrogen and oxygen atoms in total. The van der Waals surface area contributed by atoms with Crippen molar-refractivity contribution in [2.24, 2.45) is 14.1 Å². The summed E-state index contributed by atoms with van der Waals surface area (Å²) in [6, 6.07) is 0. The van der Waals surface area contributed by atoms with Gasteiger partial charge in [0.05, 0.1) is 6.17 Å². The van der Waals surface area contributed by atoms with Gasteiger partial charge in [0.25, 0.3) is 5.56 Å². The molecule has 131 valence electrons. The van der Waals surface area contributed by atoms with E-state index in [1.165, 1.54) is 11.6 Å². The van der Waals surface area contributed by atoms with Crippen LogP contribution in [0.4, 0.5) is 5.95 Å². The first kappa shape index (κ1) is 16.7. The maximum absolute atomic E-state index is 12.2. The Morgan fingerprint density at radius 2 is 2.12 bits per heavy atom. The van der Waals surface area contributed by atoms with Gasteiger partial charge < -0.3 is 10.3 Å². The predicted molar refractivity (Wildman–Crippen MR) is 93.0 cm³/mol. The Morgan fingerprint density at radius 1 is 1.33 bits per heavy atom. The minimum atomic E-state index is -0.386. The lowest BCUT2D eigenvalue weighted by Crippen LogP contribution is -2.54. The van der Waals surface area contributed by atoms with Crippen LogP contribution in [0.1, 0.15) is 13.3 Å². The van der Waals surface area contributed by atoms with Crippen LogP contribution in [-0.2, 0) is 14.1 Å². The minimum absolute atomic E-state index is 0.0328. The summed E-state index contributed by atoms with van der Waals surface area (Å²) in [6.45, 7) is 5.83. The van der Waals surface area contributed by atoms with Crippen molar-refractivity contribution in [1.29, 1.82) is 0 Å². The molecule has 1 aliphatic rings. The quantitative estimate of drug-likeness (QED) is 0.663. The molecule has 0 saturated carbocycles. The standard InChI is InChI=1S/C15H24N7O2/c1-4-5-7-22-8-6-16-10(9-22)17-14-18-11-12(19-14)20(2)15(24)21(3)13(11)23/h5,10,16H,4,6-9H2,1-3H3,(H2,17,18,19). The number of hydrogen-bond donors (Lipinski definition) is 3. The summed E-state index contributed by atoms with van der Waals surface area (Å²) in [5.74, 6) is 0.488. The zero-order valence-corrected chi connectivity index (χ0v) is 14.3. The van der Waals surface area contributed by atoms with E-state index < -0.39 is 0 Å². The molecule has 1 atom stereocenters. The van der Waals surface area contributed by atoms with E-state index in [4.69, 9.17) is 0 Å². The smallest absolute Gasteiger partial charge is 0.332 e. The first-order valence-corrected chi connectivity index (χ1v) is 8.21. The molecule has 1 radical (unpaired) electrons. The van der Waals surface area contributed by atoms with Gasteiger partial charge in [0.1, 0.15) is 0 Å². The van der Waals surface area contributed by atoms with Crippen molar-refractivity contribution in [2.45, 2.75) is 19.5 Å². The summed E-state index contributed by atoms with van der Waals surface area (Å²) >= 11 is 0. The normalized spacial score (nSPS) is 19.0. The highest BCUT2D eigenvalue weighted by Crippen LogP contribution is 2.10. The van der Waals surface area contributed by atoms with E-state index >= 15 is 0 Å². The molecule has 0 aliphatic carbocycles. The third-order valence-corrected chi connectivity index (χ3v) is 4.34. The highest BCUT2D eigenvalue weighted by atomic mass is 16.2. The summed E-state index contributed by atoms with van der Waals surface area (Å²) in [6.07, 6.45) is 3.34. The Hall–Kier alpha value is -2.13. The lowest BCUT2D eigenvalue weighted by molar-refractivity contribution is 0.223. The van der Waals surface area contributed by atoms with Gasteiger partial charge in [0.2, 0.25) is 5.95 Å². The third-order valence-electron chi connectivity index (χ3n) is 4.34. The Morgan fingerprint density at radius 3 is 2.88 bits per heavy atom. The molecule has 1 saturated heterocycles. The fraction of sp³-hybridized carbons (Fsp3) is 0.600. The fourth-order valence-corrected chi connectivity index (χ4v) is 2.94. The van der Waals surface area contributed by atoms with Crippen molar-refractivity contribution < 1.29 is 0 Å². The van der Waals surface area contributed by atoms with Crippen LogP contribution in [0.15, 0.2) is 9.59 Å². The molecule has 1 aliphatic heterocycles. The summed E-state index contributed by atoms with van der Waals surface area (Å²) in [7, 11) is 3.07. The monoisotopic (exact) mass is 334 g/mol. The first-order valence-electron chi connectivity index (χ1n) is 8.21. The van der Waals surface area contributed by atoms with E-state index in [1.807, 2.05) is 0 Å². The molecule has 1 fully saturated rings. The van der Waals surface area contributed by atoms with Gasteiger partial charge in [-0.1, -0.05) is 13.3 Å². The highest BCUT2D eigenvalue weighted by molar-refractivity contribution is 5.72. The SMILES string of the molecule is CC[CH]CN1CCNC(Nc2nc3c([nH]2)c(=O)n(C)c(=O)n3C)C1. The van der Waals surface area contributed by atoms with Crippen molar-refractivity contribution >= 4 is 17.1 Å². The maximum Gasteiger partial charge on any atom is 0.332 e. The number of anilines is 1. The van der Waals surface area contributed by atoms with Crippen molar-refractivity contribution in [2.75, 3.05) is 31.5 Å². The fourth-order valence-electron chi connectivity index (χ4n) is 2.94. The lowest BCUT2D eigenvalue weighted by Gasteiger charge is -2.33. The van der Waals surface area contributed by atoms with Gasteiger partial charge in [-0.25, -0.2) is 4.79 Å². The number of rotatable bonds is 5. The minimum Gasteiger partial charge on any atom is -0.339 e. The van der Waals surface area contributed by atoms with Crippen LogP contribution >= 0.6 is 0 Å². The molecule has 2 aromatic rings. The molecule has 0 spiro atoms. The van der Waals surface area contributed by atoms with E-state index in [9.17, 15) is 9.59 Å². The Bertz CT molecular complexity index is 835. The van der Waals surface area contributed by atoms with Crippen LogP contribution in [0.5, 0.6) is 0 Å². The van der Waals surface area contributed by atoms with E-state index in [1.54, 1.807) is 7.05 Å². The van der Waals surface area contributed by atoms with Crippen LogP contribution in [0.2, 0.25) is 0 Å². The van der Waals surface area contributed by atoms with Crippen LogP contribution < -0.4 is 21.9 Å². The molecule has 1 unspecified atom stereocenters. The number of nitrogens with one attached hydrogen (secondary N) is 3. The van der Waals surface area contributed by atoms with Crippen molar-refractivity contribution in [3.63, 3.8) is 0 Å². The topological polar surface area (TPSA) is 100.0 Å². The number of imidazole rings is 1. The summed E-state index contributed by atoms with van der Waals surface area (Å²) in [5, 5.41) is 6.66. The van der Waals surface area contributed by atoms with Gasteiger partial charge in [0.15, 0.2) is 11.2 Å². The number of aromatic amines is 1. The van der Waals surface area contributed by atoms with Crippen LogP contribution in [0, 0.1) is 6.42 Å². The van der Waals surface area contributed by atoms with E-state index in [-0.39, 0.29) is 17.4 Å². The number of fused-ring (bicyclic) bond motifs is 1. The second-order valence-corrected chi connectivity index (χ2v) is 6.10. The molecule has 3 heterocycles. The van der Waals surface area contributed by atoms with Gasteiger partial charge in [-0.3, -0.25) is 24.1 Å². The maximum atomic E-state index is 12.2. The third kappa shape index (κ3) is 3.09. The number of aromatic nitrogens is 4. The van der Waals surface area contributed by atoms with Gasteiger partial charge in [-0.05, 0) is 6.42 Å². The first-order chi connectivity index (χ1) is 11.5. The van der Waals surface area contributed by atoms with Gasteiger partial charge in [-0.15, -0.1) is 0 Å². The van der Waals surface area contributed by atoms with Gasteiger partial charge in [-0.2, -0.15) is 4.98 Å². The molecule has 3 rings (SSSR count). The van der Waals surface area contributed by atoms with E-state index in [0.29, 0.717) is 17.1 Å². The molecule has 24 heavy (non-hydrogen) atoms. The second kappa shape index (κ2) is 6.78. The molecule has 2 aromatic heterocycles. The number of hydrogen-bond acceptors (Lipinski definition) is 6. The van der Waals surface area contributed by atoms with E-state index in [2.05, 4.69) is 38.8 Å². The predicted octanol–water partition coefficient (Wildman–Crippen LogP) is -0.782. The molecule has 0 aromatic carbocycles. The summed E-state index contributed by atoms with van der Waals surface area (Å²) < 4.78 is 2.45. The van der Waals surface area contributed by atoms with Gasteiger partial charge >= 0.3 is 5.69 Å². The van der Waals surface area contributed by atoms with Crippen LogP contribution in [0.25, 0.3) is 11.2 Å². The van der Waals surface area contributed by atoms with E-state index in [0.717, 1.165) is 37.2 Å². The Kier molecular flexibility index (Phi) is 4.72. The van der Waals surface area contributed by atoms with Crippen LogP contribution in [0.3, 0.4) is 0 Å². The summed E-state index contributed by atoms with van der Waals surface area (Å²) in [5.41, 5.74) is -0.0706. The lowest BCUT2D eigenvalue weighted by atomic mass is 10.2. The number of H-pyrrole nitrogens is 1. The molecule has 9 heteroatoms. The molecule has 3 N–H and O–H groups in total. The number of aryl methyl sites for hydroxylation is 1. The molecular weight excluding hydrogens is 310 g/mol.